The van der Waals surface area contributed by atoms with E-state index in [1.165, 1.54) is 11.0 Å². The summed E-state index contributed by atoms with van der Waals surface area (Å²) in [5, 5.41) is 3.63. The SMILES string of the molecule is C=C[C@@H]1C[C@]1(NC(=O)[C@@H]1C[C@@H](Oc2ncc(OC)c3ccccc23)CN1C(=O)OC(C)(C)C)C(=O)NS(=O)(=O)C1CC1. The van der Waals surface area contributed by atoms with Crippen molar-refractivity contribution in [3.8, 4) is 11.6 Å². The van der Waals surface area contributed by atoms with Crippen LogP contribution in [0.1, 0.15) is 46.5 Å². The minimum Gasteiger partial charge on any atom is -0.494 e. The molecule has 0 unspecified atom stereocenters. The van der Waals surface area contributed by atoms with Crippen LogP contribution in [0.4, 0.5) is 4.79 Å². The van der Waals surface area contributed by atoms with Gasteiger partial charge in [-0.15, -0.1) is 6.58 Å². The Hall–Kier alpha value is -3.87. The second kappa shape index (κ2) is 10.8. The minimum absolute atomic E-state index is 0.0230. The number of aromatic nitrogens is 1. The van der Waals surface area contributed by atoms with Crippen molar-refractivity contribution in [2.45, 2.75) is 75.0 Å². The van der Waals surface area contributed by atoms with Crippen molar-refractivity contribution in [2.24, 2.45) is 5.92 Å². The molecule has 1 saturated heterocycles. The standard InChI is InChI=1S/C29H36N4O8S/c1-6-17-14-29(17,26(35)32-42(37,38)19-11-12-19)31-24(34)22-13-18(16-33(22)27(36)41-28(2,3)4)40-25-21-10-8-7-9-20(21)23(39-5)15-30-25/h6-10,15,17-19,22H,1,11-14,16H2,2-5H3,(H,31,34)(H,32,35)/t17-,18-,22+,29-/m1/s1. The highest BCUT2D eigenvalue weighted by Gasteiger charge is 2.62. The number of benzene rings is 1. The van der Waals surface area contributed by atoms with Crippen LogP contribution in [-0.4, -0.2) is 78.4 Å². The van der Waals surface area contributed by atoms with Gasteiger partial charge in [-0.1, -0.05) is 24.3 Å². The van der Waals surface area contributed by atoms with Crippen molar-refractivity contribution in [3.05, 3.63) is 43.1 Å². The zero-order valence-corrected chi connectivity index (χ0v) is 24.9. The maximum Gasteiger partial charge on any atom is 0.411 e. The van der Waals surface area contributed by atoms with Crippen molar-refractivity contribution < 1.29 is 37.0 Å². The van der Waals surface area contributed by atoms with Crippen molar-refractivity contribution >= 4 is 38.7 Å². The summed E-state index contributed by atoms with van der Waals surface area (Å²) in [5.74, 6) is -1.00. The molecule has 2 aromatic rings. The summed E-state index contributed by atoms with van der Waals surface area (Å²) < 4.78 is 44.3. The number of hydrogen-bond acceptors (Lipinski definition) is 9. The van der Waals surface area contributed by atoms with E-state index in [9.17, 15) is 22.8 Å². The molecule has 3 aliphatic rings. The topological polar surface area (TPSA) is 153 Å². The zero-order chi connectivity index (χ0) is 30.4. The van der Waals surface area contributed by atoms with Crippen molar-refractivity contribution in [1.82, 2.24) is 19.9 Å². The molecule has 2 N–H and O–H groups in total. The van der Waals surface area contributed by atoms with Gasteiger partial charge in [0.15, 0.2) is 0 Å². The van der Waals surface area contributed by atoms with E-state index in [1.54, 1.807) is 34.1 Å². The fourth-order valence-electron chi connectivity index (χ4n) is 5.23. The highest BCUT2D eigenvalue weighted by molar-refractivity contribution is 7.91. The van der Waals surface area contributed by atoms with Crippen LogP contribution in [0.5, 0.6) is 11.6 Å². The molecular weight excluding hydrogens is 564 g/mol. The number of sulfonamides is 1. The Balaban J connectivity index is 1.38. The van der Waals surface area contributed by atoms with E-state index < -0.39 is 62.4 Å². The molecule has 226 valence electrons. The molecule has 2 aliphatic carbocycles. The number of methoxy groups -OCH3 is 1. The Morgan fingerprint density at radius 3 is 2.45 bits per heavy atom. The molecule has 3 amide bonds. The number of carbonyl (C=O) groups is 3. The van der Waals surface area contributed by atoms with Crippen molar-refractivity contribution in [1.29, 1.82) is 0 Å². The molecule has 5 rings (SSSR count). The predicted octanol–water partition coefficient (Wildman–Crippen LogP) is 2.67. The van der Waals surface area contributed by atoms with Gasteiger partial charge >= 0.3 is 6.09 Å². The molecule has 0 bridgehead atoms. The number of rotatable bonds is 9. The zero-order valence-electron chi connectivity index (χ0n) is 24.1. The second-order valence-corrected chi connectivity index (χ2v) is 13.9. The monoisotopic (exact) mass is 600 g/mol. The first-order valence-corrected chi connectivity index (χ1v) is 15.4. The minimum atomic E-state index is -3.83. The van der Waals surface area contributed by atoms with Crippen LogP contribution < -0.4 is 19.5 Å². The van der Waals surface area contributed by atoms with Gasteiger partial charge in [-0.05, 0) is 46.1 Å². The number of carbonyl (C=O) groups excluding carboxylic acids is 3. The van der Waals surface area contributed by atoms with E-state index in [2.05, 4.69) is 21.6 Å². The van der Waals surface area contributed by atoms with Crippen LogP contribution in [0.2, 0.25) is 0 Å². The Morgan fingerprint density at radius 1 is 1.17 bits per heavy atom. The number of nitrogens with one attached hydrogen (secondary N) is 2. The fourth-order valence-corrected chi connectivity index (χ4v) is 6.59. The summed E-state index contributed by atoms with van der Waals surface area (Å²) in [6, 6.07) is 6.37. The molecule has 4 atom stereocenters. The lowest BCUT2D eigenvalue weighted by molar-refractivity contribution is -0.131. The number of pyridine rings is 1. The lowest BCUT2D eigenvalue weighted by Crippen LogP contribution is -2.56. The summed E-state index contributed by atoms with van der Waals surface area (Å²) in [6.45, 7) is 8.91. The molecule has 2 heterocycles. The molecule has 0 spiro atoms. The first-order valence-electron chi connectivity index (χ1n) is 13.9. The van der Waals surface area contributed by atoms with Crippen molar-refractivity contribution in [2.75, 3.05) is 13.7 Å². The van der Waals surface area contributed by atoms with Gasteiger partial charge in [0.25, 0.3) is 5.91 Å². The Morgan fingerprint density at radius 2 is 1.86 bits per heavy atom. The molecule has 1 aromatic heterocycles. The van der Waals surface area contributed by atoms with Crippen LogP contribution in [-0.2, 0) is 24.3 Å². The third-order valence-electron chi connectivity index (χ3n) is 7.66. The normalized spacial score (nSPS) is 25.4. The van der Waals surface area contributed by atoms with Crippen LogP contribution in [0, 0.1) is 5.92 Å². The lowest BCUT2D eigenvalue weighted by Gasteiger charge is -2.29. The molecule has 1 aliphatic heterocycles. The lowest BCUT2D eigenvalue weighted by atomic mass is 10.1. The molecule has 3 fully saturated rings. The number of hydrogen-bond donors (Lipinski definition) is 2. The molecule has 2 saturated carbocycles. The smallest absolute Gasteiger partial charge is 0.411 e. The van der Waals surface area contributed by atoms with Gasteiger partial charge in [0.1, 0.15) is 29.0 Å². The molecule has 13 heteroatoms. The first-order chi connectivity index (χ1) is 19.8. The first kappa shape index (κ1) is 29.6. The van der Waals surface area contributed by atoms with Crippen LogP contribution in [0.25, 0.3) is 10.8 Å². The summed E-state index contributed by atoms with van der Waals surface area (Å²) >= 11 is 0. The van der Waals surface area contributed by atoms with Gasteiger partial charge in [-0.25, -0.2) is 18.2 Å². The summed E-state index contributed by atoms with van der Waals surface area (Å²) in [5.41, 5.74) is -2.30. The summed E-state index contributed by atoms with van der Waals surface area (Å²) in [7, 11) is -2.28. The van der Waals surface area contributed by atoms with E-state index in [0.29, 0.717) is 29.9 Å². The van der Waals surface area contributed by atoms with Gasteiger partial charge in [0.05, 0.1) is 25.1 Å². The van der Waals surface area contributed by atoms with E-state index in [1.807, 2.05) is 24.3 Å². The van der Waals surface area contributed by atoms with Gasteiger partial charge in [-0.2, -0.15) is 0 Å². The second-order valence-electron chi connectivity index (χ2n) is 12.0. The van der Waals surface area contributed by atoms with Crippen LogP contribution >= 0.6 is 0 Å². The Labute approximate surface area is 244 Å². The number of amides is 3. The average molecular weight is 601 g/mol. The molecular formula is C29H36N4O8S. The van der Waals surface area contributed by atoms with Gasteiger partial charge < -0.3 is 19.5 Å². The van der Waals surface area contributed by atoms with E-state index in [0.717, 1.165) is 5.39 Å². The molecule has 0 radical (unpaired) electrons. The number of fused-ring (bicyclic) bond motifs is 1. The van der Waals surface area contributed by atoms with Crippen molar-refractivity contribution in [3.63, 3.8) is 0 Å². The molecule has 12 nitrogen and oxygen atoms in total. The number of likely N-dealkylation sites (tertiary alicyclic amines) is 1. The van der Waals surface area contributed by atoms with Gasteiger partial charge in [-0.3, -0.25) is 19.2 Å². The largest absolute Gasteiger partial charge is 0.494 e. The van der Waals surface area contributed by atoms with Gasteiger partial charge in [0, 0.05) is 23.1 Å². The van der Waals surface area contributed by atoms with Gasteiger partial charge in [0.2, 0.25) is 21.8 Å². The maximum absolute atomic E-state index is 13.7. The van der Waals surface area contributed by atoms with E-state index >= 15 is 0 Å². The van der Waals surface area contributed by atoms with E-state index in [4.69, 9.17) is 14.2 Å². The number of ether oxygens (including phenoxy) is 3. The Kier molecular flexibility index (Phi) is 7.58. The maximum atomic E-state index is 13.7. The molecule has 42 heavy (non-hydrogen) atoms. The molecule has 1 aromatic carbocycles. The number of nitrogens with zero attached hydrogens (tertiary/aromatic N) is 2. The predicted molar refractivity (Wildman–Crippen MR) is 153 cm³/mol. The third kappa shape index (κ3) is 5.87. The quantitative estimate of drug-likeness (QED) is 0.414. The highest BCUT2D eigenvalue weighted by atomic mass is 32.2. The third-order valence-corrected chi connectivity index (χ3v) is 9.48. The van der Waals surface area contributed by atoms with E-state index in [-0.39, 0.29) is 19.4 Å². The highest BCUT2D eigenvalue weighted by Crippen LogP contribution is 2.45. The summed E-state index contributed by atoms with van der Waals surface area (Å²) in [4.78, 5) is 45.8. The van der Waals surface area contributed by atoms with Crippen LogP contribution in [0.15, 0.2) is 43.1 Å². The van der Waals surface area contributed by atoms with Crippen LogP contribution in [0.3, 0.4) is 0 Å². The average Bonchev–Trinajstić information content (AvgIpc) is 3.85. The summed E-state index contributed by atoms with van der Waals surface area (Å²) in [6.07, 6.45) is 2.95. The fraction of sp³-hybridized carbons (Fsp3) is 0.517. The Bertz CT molecular complexity index is 1530.